The highest BCUT2D eigenvalue weighted by Gasteiger charge is 2.28. The minimum absolute atomic E-state index is 0.132. The fourth-order valence-corrected chi connectivity index (χ4v) is 2.64. The molecule has 0 saturated heterocycles. The maximum absolute atomic E-state index is 12.2. The number of carboxylic acid groups (broad SMARTS) is 1. The van der Waals surface area contributed by atoms with Crippen molar-refractivity contribution in [1.29, 1.82) is 0 Å². The zero-order valence-electron chi connectivity index (χ0n) is 16.2. The second-order valence-corrected chi connectivity index (χ2v) is 7.78. The van der Waals surface area contributed by atoms with Gasteiger partial charge in [0.2, 0.25) is 0 Å². The minimum Gasteiger partial charge on any atom is -0.505 e. The highest BCUT2D eigenvalue weighted by molar-refractivity contribution is 6.36. The number of allylic oxidation sites excluding steroid dienone is 1. The Bertz CT molecular complexity index is 1040. The fraction of sp³-hybridized carbons (Fsp3) is 0.200. The number of hydrogen-bond donors (Lipinski definition) is 4. The molecule has 1 amide bonds. The Morgan fingerprint density at radius 1 is 1.30 bits per heavy atom. The van der Waals surface area contributed by atoms with E-state index in [4.69, 9.17) is 34.0 Å². The van der Waals surface area contributed by atoms with E-state index in [-0.39, 0.29) is 12.2 Å². The molecule has 2 rings (SSSR count). The normalized spacial score (nSPS) is 12.2. The summed E-state index contributed by atoms with van der Waals surface area (Å²) < 4.78 is 0. The summed E-state index contributed by atoms with van der Waals surface area (Å²) in [6.45, 7) is 2.81. The van der Waals surface area contributed by atoms with Crippen molar-refractivity contribution in [2.75, 3.05) is 6.54 Å². The summed E-state index contributed by atoms with van der Waals surface area (Å²) in [6, 6.07) is 6.13. The second kappa shape index (κ2) is 9.60. The molecule has 158 valence electrons. The zero-order chi connectivity index (χ0) is 22.5. The van der Waals surface area contributed by atoms with Crippen LogP contribution in [-0.2, 0) is 4.79 Å². The highest BCUT2D eigenvalue weighted by Crippen LogP contribution is 2.28. The molecule has 0 saturated carbocycles. The topological polar surface area (TPSA) is 138 Å². The molecular weight excluding hydrogens is 431 g/mol. The summed E-state index contributed by atoms with van der Waals surface area (Å²) in [5.41, 5.74) is 5.54. The lowest BCUT2D eigenvalue weighted by Crippen LogP contribution is -2.39. The van der Waals surface area contributed by atoms with Crippen LogP contribution in [0.2, 0.25) is 10.0 Å². The molecule has 0 aliphatic rings. The Hall–Kier alpha value is -3.10. The highest BCUT2D eigenvalue weighted by atomic mass is 35.5. The third-order valence-corrected chi connectivity index (χ3v) is 4.66. The van der Waals surface area contributed by atoms with Gasteiger partial charge in [0.15, 0.2) is 5.69 Å². The molecule has 0 radical (unpaired) electrons. The Kier molecular flexibility index (Phi) is 7.42. The fourth-order valence-electron chi connectivity index (χ4n) is 2.19. The summed E-state index contributed by atoms with van der Waals surface area (Å²) in [4.78, 5) is 31.6. The number of aliphatic carboxylic acids is 1. The van der Waals surface area contributed by atoms with Crippen LogP contribution in [0.1, 0.15) is 29.9 Å². The van der Waals surface area contributed by atoms with E-state index >= 15 is 0 Å². The lowest BCUT2D eigenvalue weighted by molar-refractivity contribution is -0.146. The van der Waals surface area contributed by atoms with Crippen molar-refractivity contribution in [1.82, 2.24) is 10.3 Å². The van der Waals surface area contributed by atoms with Crippen LogP contribution in [0.4, 0.5) is 5.69 Å². The molecule has 0 fully saturated rings. The van der Waals surface area contributed by atoms with Gasteiger partial charge in [-0.1, -0.05) is 23.2 Å². The van der Waals surface area contributed by atoms with Gasteiger partial charge >= 0.3 is 5.97 Å². The number of rotatable bonds is 7. The van der Waals surface area contributed by atoms with Crippen molar-refractivity contribution in [3.63, 3.8) is 0 Å². The number of aliphatic imine (C=N–C) groups is 1. The Balaban J connectivity index is 2.19. The van der Waals surface area contributed by atoms with Gasteiger partial charge in [0, 0.05) is 41.3 Å². The number of carboxylic acids is 1. The molecule has 1 aromatic carbocycles. The van der Waals surface area contributed by atoms with Crippen LogP contribution < -0.4 is 11.1 Å². The first-order chi connectivity index (χ1) is 14.0. The number of aromatic hydroxyl groups is 1. The molecule has 0 aliphatic carbocycles. The number of aromatic nitrogens is 1. The number of nitrogens with one attached hydrogen (secondary N) is 1. The number of carbonyl (C=O) groups excluding carboxylic acids is 1. The van der Waals surface area contributed by atoms with Gasteiger partial charge in [-0.25, -0.2) is 4.98 Å². The molecule has 8 nitrogen and oxygen atoms in total. The van der Waals surface area contributed by atoms with Gasteiger partial charge in [0.05, 0.1) is 16.1 Å². The number of amides is 1. The van der Waals surface area contributed by atoms with E-state index in [1.54, 1.807) is 18.2 Å². The average Bonchev–Trinajstić information content (AvgIpc) is 2.68. The molecule has 10 heteroatoms. The van der Waals surface area contributed by atoms with Gasteiger partial charge in [-0.3, -0.25) is 14.6 Å². The summed E-state index contributed by atoms with van der Waals surface area (Å²) in [7, 11) is 0. The van der Waals surface area contributed by atoms with Gasteiger partial charge in [0.25, 0.3) is 5.91 Å². The van der Waals surface area contributed by atoms with Crippen LogP contribution in [0.5, 0.6) is 5.75 Å². The molecule has 0 unspecified atom stereocenters. The van der Waals surface area contributed by atoms with Crippen molar-refractivity contribution < 1.29 is 19.8 Å². The first-order valence-electron chi connectivity index (χ1n) is 8.67. The molecule has 0 bridgehead atoms. The Morgan fingerprint density at radius 2 is 2.00 bits per heavy atom. The first kappa shape index (κ1) is 23.2. The van der Waals surface area contributed by atoms with Crippen molar-refractivity contribution in [2.24, 2.45) is 16.1 Å². The van der Waals surface area contributed by atoms with E-state index in [1.807, 2.05) is 0 Å². The van der Waals surface area contributed by atoms with Crippen LogP contribution in [0.15, 0.2) is 41.7 Å². The first-order valence-corrected chi connectivity index (χ1v) is 9.42. The van der Waals surface area contributed by atoms with Crippen molar-refractivity contribution >= 4 is 52.6 Å². The van der Waals surface area contributed by atoms with Crippen molar-refractivity contribution in [2.45, 2.75) is 13.8 Å². The van der Waals surface area contributed by atoms with Gasteiger partial charge in [0.1, 0.15) is 5.75 Å². The number of nitrogens with two attached hydrogens (primary N) is 1. The maximum atomic E-state index is 12.2. The number of nitrogens with zero attached hydrogens (tertiary/aromatic N) is 2. The number of hydrogen-bond acceptors (Lipinski definition) is 6. The number of pyridine rings is 1. The third-order valence-electron chi connectivity index (χ3n) is 4.12. The predicted molar refractivity (Wildman–Crippen MR) is 116 cm³/mol. The molecule has 0 atom stereocenters. The largest absolute Gasteiger partial charge is 0.505 e. The van der Waals surface area contributed by atoms with E-state index in [9.17, 15) is 14.7 Å². The van der Waals surface area contributed by atoms with E-state index < -0.39 is 23.0 Å². The molecule has 30 heavy (non-hydrogen) atoms. The smallest absolute Gasteiger partial charge is 0.310 e. The Morgan fingerprint density at radius 3 is 2.57 bits per heavy atom. The number of carbonyl (C=O) groups is 2. The molecule has 0 aliphatic heterocycles. The molecular formula is C20H20Cl2N4O4. The van der Waals surface area contributed by atoms with E-state index in [2.05, 4.69) is 15.3 Å². The molecule has 1 aromatic heterocycles. The standard InChI is InChI=1S/C20H20Cl2N4O4/c1-20(2,19(29)30)10-26-18(28)17-16(27)5-11(8-25-17)12(7-23)9-24-15-4-3-13(21)6-14(15)22/h3-9,27H,10,23H2,1-2H3,(H,26,28)(H,29,30)/b12-7+,24-9?. The molecule has 5 N–H and O–H groups in total. The molecule has 2 aromatic rings. The third kappa shape index (κ3) is 5.71. The van der Waals surface area contributed by atoms with Crippen molar-refractivity contribution in [3.05, 3.63) is 58.0 Å². The van der Waals surface area contributed by atoms with Gasteiger partial charge in [-0.05, 0) is 38.1 Å². The Labute approximate surface area is 183 Å². The van der Waals surface area contributed by atoms with E-state index in [0.29, 0.717) is 26.9 Å². The lowest BCUT2D eigenvalue weighted by atomic mass is 9.94. The van der Waals surface area contributed by atoms with Crippen LogP contribution in [-0.4, -0.2) is 39.8 Å². The van der Waals surface area contributed by atoms with Crippen LogP contribution in [0.3, 0.4) is 0 Å². The maximum Gasteiger partial charge on any atom is 0.310 e. The molecule has 0 spiro atoms. The quantitative estimate of drug-likeness (QED) is 0.475. The zero-order valence-corrected chi connectivity index (χ0v) is 17.7. The second-order valence-electron chi connectivity index (χ2n) is 6.94. The van der Waals surface area contributed by atoms with E-state index in [0.717, 1.165) is 0 Å². The predicted octanol–water partition coefficient (Wildman–Crippen LogP) is 3.64. The van der Waals surface area contributed by atoms with Crippen LogP contribution in [0, 0.1) is 5.41 Å². The minimum atomic E-state index is -1.17. The number of benzene rings is 1. The van der Waals surface area contributed by atoms with Crippen LogP contribution >= 0.6 is 23.2 Å². The van der Waals surface area contributed by atoms with E-state index in [1.165, 1.54) is 38.5 Å². The number of halogens is 2. The summed E-state index contributed by atoms with van der Waals surface area (Å²) in [5.74, 6) is -2.16. The van der Waals surface area contributed by atoms with Crippen molar-refractivity contribution in [3.8, 4) is 5.75 Å². The van der Waals surface area contributed by atoms with Gasteiger partial charge in [-0.15, -0.1) is 0 Å². The summed E-state index contributed by atoms with van der Waals surface area (Å²) in [6.07, 6.45) is 4.03. The van der Waals surface area contributed by atoms with Crippen LogP contribution in [0.25, 0.3) is 5.57 Å². The monoisotopic (exact) mass is 450 g/mol. The molecule has 1 heterocycles. The lowest BCUT2D eigenvalue weighted by Gasteiger charge is -2.19. The SMILES string of the molecule is CC(C)(CNC(=O)c1ncc(/C(C=Nc2ccc(Cl)cc2Cl)=C/N)cc1O)C(=O)O. The summed E-state index contributed by atoms with van der Waals surface area (Å²) >= 11 is 11.9. The van der Waals surface area contributed by atoms with Gasteiger partial charge in [-0.2, -0.15) is 0 Å². The van der Waals surface area contributed by atoms with Gasteiger partial charge < -0.3 is 21.3 Å². The average molecular weight is 451 g/mol. The summed E-state index contributed by atoms with van der Waals surface area (Å²) in [5, 5.41) is 22.6.